The second kappa shape index (κ2) is 5.52. The normalized spacial score (nSPS) is 10.9. The molecular weight excluding hydrogens is 310 g/mol. The first-order chi connectivity index (χ1) is 8.99. The summed E-state index contributed by atoms with van der Waals surface area (Å²) >= 11 is 3.26. The van der Waals surface area contributed by atoms with Crippen molar-refractivity contribution >= 4 is 21.6 Å². The Balaban J connectivity index is 2.38. The monoisotopic (exact) mass is 323 g/mol. The van der Waals surface area contributed by atoms with E-state index < -0.39 is 0 Å². The second-order valence-electron chi connectivity index (χ2n) is 4.60. The molecule has 0 aliphatic rings. The van der Waals surface area contributed by atoms with E-state index >= 15 is 0 Å². The minimum Gasteiger partial charge on any atom is -0.330 e. The van der Waals surface area contributed by atoms with E-state index in [4.69, 9.17) is 0 Å². The molecule has 2 rings (SSSR count). The Morgan fingerprint density at radius 1 is 1.47 bits per heavy atom. The van der Waals surface area contributed by atoms with Crippen LogP contribution in [-0.4, -0.2) is 14.5 Å². The molecular formula is C13H14BrN3O2. The zero-order valence-electron chi connectivity index (χ0n) is 10.7. The SMILES string of the molecule is CC(C)c1nccn1Cc1ccc(Br)cc1[N+](=O)[O-]. The lowest BCUT2D eigenvalue weighted by molar-refractivity contribution is -0.385. The van der Waals surface area contributed by atoms with Crippen molar-refractivity contribution in [2.24, 2.45) is 0 Å². The van der Waals surface area contributed by atoms with Crippen molar-refractivity contribution in [1.82, 2.24) is 9.55 Å². The molecule has 0 saturated carbocycles. The molecule has 0 bridgehead atoms. The summed E-state index contributed by atoms with van der Waals surface area (Å²) < 4.78 is 2.65. The Hall–Kier alpha value is -1.69. The van der Waals surface area contributed by atoms with Gasteiger partial charge in [0.15, 0.2) is 0 Å². The Morgan fingerprint density at radius 3 is 2.84 bits per heavy atom. The molecule has 1 heterocycles. The van der Waals surface area contributed by atoms with E-state index in [0.717, 1.165) is 5.82 Å². The molecule has 1 aromatic heterocycles. The maximum atomic E-state index is 11.1. The van der Waals surface area contributed by atoms with Gasteiger partial charge in [0.1, 0.15) is 5.82 Å². The van der Waals surface area contributed by atoms with Gasteiger partial charge in [-0.3, -0.25) is 10.1 Å². The number of nitro benzene ring substituents is 1. The van der Waals surface area contributed by atoms with Crippen molar-refractivity contribution in [2.75, 3.05) is 0 Å². The number of nitro groups is 1. The van der Waals surface area contributed by atoms with Gasteiger partial charge in [-0.1, -0.05) is 29.8 Å². The van der Waals surface area contributed by atoms with Crippen LogP contribution >= 0.6 is 15.9 Å². The highest BCUT2D eigenvalue weighted by Gasteiger charge is 2.16. The number of imidazole rings is 1. The number of nitrogens with zero attached hydrogens (tertiary/aromatic N) is 3. The summed E-state index contributed by atoms with van der Waals surface area (Å²) in [4.78, 5) is 15.0. The summed E-state index contributed by atoms with van der Waals surface area (Å²) in [5.41, 5.74) is 0.797. The average Bonchev–Trinajstić information content (AvgIpc) is 2.79. The predicted molar refractivity (Wildman–Crippen MR) is 76.2 cm³/mol. The lowest BCUT2D eigenvalue weighted by atomic mass is 10.1. The summed E-state index contributed by atoms with van der Waals surface area (Å²) in [7, 11) is 0. The minimum atomic E-state index is -0.355. The number of halogens is 1. The van der Waals surface area contributed by atoms with Gasteiger partial charge in [0.25, 0.3) is 5.69 Å². The van der Waals surface area contributed by atoms with Crippen molar-refractivity contribution in [2.45, 2.75) is 26.3 Å². The van der Waals surface area contributed by atoms with Crippen LogP contribution in [0.25, 0.3) is 0 Å². The van der Waals surface area contributed by atoms with E-state index in [-0.39, 0.29) is 16.5 Å². The van der Waals surface area contributed by atoms with E-state index in [2.05, 4.69) is 34.8 Å². The summed E-state index contributed by atoms with van der Waals surface area (Å²) in [5.74, 6) is 1.21. The van der Waals surface area contributed by atoms with Crippen LogP contribution < -0.4 is 0 Å². The number of benzene rings is 1. The quantitative estimate of drug-likeness (QED) is 0.636. The van der Waals surface area contributed by atoms with E-state index in [1.54, 1.807) is 12.3 Å². The molecule has 0 unspecified atom stereocenters. The maximum absolute atomic E-state index is 11.1. The Labute approximate surface area is 119 Å². The molecule has 5 nitrogen and oxygen atoms in total. The highest BCUT2D eigenvalue weighted by atomic mass is 79.9. The third kappa shape index (κ3) is 3.01. The molecule has 0 aliphatic carbocycles. The lowest BCUT2D eigenvalue weighted by Crippen LogP contribution is -2.07. The highest BCUT2D eigenvalue weighted by molar-refractivity contribution is 9.10. The second-order valence-corrected chi connectivity index (χ2v) is 5.51. The highest BCUT2D eigenvalue weighted by Crippen LogP contribution is 2.25. The summed E-state index contributed by atoms with van der Waals surface area (Å²) in [6.07, 6.45) is 3.57. The van der Waals surface area contributed by atoms with E-state index in [0.29, 0.717) is 16.6 Å². The van der Waals surface area contributed by atoms with Crippen LogP contribution in [0.3, 0.4) is 0 Å². The standard InChI is InChI=1S/C13H14BrN3O2/c1-9(2)13-15-5-6-16(13)8-10-3-4-11(14)7-12(10)17(18)19/h3-7,9H,8H2,1-2H3. The first-order valence-corrected chi connectivity index (χ1v) is 6.72. The Bertz CT molecular complexity index is 608. The minimum absolute atomic E-state index is 0.123. The third-order valence-electron chi connectivity index (χ3n) is 2.85. The Morgan fingerprint density at radius 2 is 2.21 bits per heavy atom. The summed E-state index contributed by atoms with van der Waals surface area (Å²) in [6.45, 7) is 4.56. The van der Waals surface area contributed by atoms with E-state index in [9.17, 15) is 10.1 Å². The van der Waals surface area contributed by atoms with Gasteiger partial charge < -0.3 is 4.57 Å². The molecule has 0 saturated heterocycles. The largest absolute Gasteiger partial charge is 0.330 e. The first-order valence-electron chi connectivity index (χ1n) is 5.93. The topological polar surface area (TPSA) is 61.0 Å². The Kier molecular flexibility index (Phi) is 3.99. The van der Waals surface area contributed by atoms with Crippen LogP contribution in [0.15, 0.2) is 35.1 Å². The lowest BCUT2D eigenvalue weighted by Gasteiger charge is -2.10. The summed E-state index contributed by atoms with van der Waals surface area (Å²) in [6, 6.07) is 5.11. The zero-order chi connectivity index (χ0) is 14.0. The molecule has 0 fully saturated rings. The molecule has 0 amide bonds. The van der Waals surface area contributed by atoms with Crippen LogP contribution in [0.1, 0.15) is 31.2 Å². The van der Waals surface area contributed by atoms with Gasteiger partial charge in [-0.15, -0.1) is 0 Å². The van der Waals surface area contributed by atoms with Crippen molar-refractivity contribution in [1.29, 1.82) is 0 Å². The van der Waals surface area contributed by atoms with Crippen LogP contribution in [0.2, 0.25) is 0 Å². The van der Waals surface area contributed by atoms with Gasteiger partial charge in [-0.05, 0) is 12.1 Å². The van der Waals surface area contributed by atoms with Gasteiger partial charge in [-0.25, -0.2) is 4.98 Å². The molecule has 0 aliphatic heterocycles. The predicted octanol–water partition coefficient (Wildman–Crippen LogP) is 3.73. The van der Waals surface area contributed by atoms with Crippen molar-refractivity contribution in [3.05, 3.63) is 56.6 Å². The number of hydrogen-bond acceptors (Lipinski definition) is 3. The van der Waals surface area contributed by atoms with Gasteiger partial charge in [0.2, 0.25) is 0 Å². The first kappa shape index (κ1) is 13.7. The third-order valence-corrected chi connectivity index (χ3v) is 3.34. The molecule has 0 atom stereocenters. The molecule has 2 aromatic rings. The number of rotatable bonds is 4. The van der Waals surface area contributed by atoms with Crippen LogP contribution in [-0.2, 0) is 6.54 Å². The van der Waals surface area contributed by atoms with Crippen LogP contribution in [0, 0.1) is 10.1 Å². The smallest absolute Gasteiger partial charge is 0.275 e. The average molecular weight is 324 g/mol. The van der Waals surface area contributed by atoms with E-state index in [1.807, 2.05) is 16.8 Å². The molecule has 0 spiro atoms. The molecule has 19 heavy (non-hydrogen) atoms. The van der Waals surface area contributed by atoms with Crippen molar-refractivity contribution in [3.63, 3.8) is 0 Å². The fourth-order valence-electron chi connectivity index (χ4n) is 1.98. The van der Waals surface area contributed by atoms with Crippen molar-refractivity contribution < 1.29 is 4.92 Å². The van der Waals surface area contributed by atoms with Crippen LogP contribution in [0.4, 0.5) is 5.69 Å². The molecule has 0 N–H and O–H groups in total. The van der Waals surface area contributed by atoms with Gasteiger partial charge in [0, 0.05) is 34.4 Å². The van der Waals surface area contributed by atoms with Gasteiger partial charge in [-0.2, -0.15) is 0 Å². The van der Waals surface area contributed by atoms with Crippen molar-refractivity contribution in [3.8, 4) is 0 Å². The number of hydrogen-bond donors (Lipinski definition) is 0. The molecule has 1 aromatic carbocycles. The fourth-order valence-corrected chi connectivity index (χ4v) is 2.33. The summed E-state index contributed by atoms with van der Waals surface area (Å²) in [5, 5.41) is 11.1. The molecule has 0 radical (unpaired) electrons. The molecule has 6 heteroatoms. The molecule has 100 valence electrons. The van der Waals surface area contributed by atoms with Crippen LogP contribution in [0.5, 0.6) is 0 Å². The zero-order valence-corrected chi connectivity index (χ0v) is 12.3. The van der Waals surface area contributed by atoms with Gasteiger partial charge >= 0.3 is 0 Å². The fraction of sp³-hybridized carbons (Fsp3) is 0.308. The van der Waals surface area contributed by atoms with Gasteiger partial charge in [0.05, 0.1) is 11.5 Å². The van der Waals surface area contributed by atoms with E-state index in [1.165, 1.54) is 6.07 Å². The number of aromatic nitrogens is 2. The maximum Gasteiger partial charge on any atom is 0.275 e.